The van der Waals surface area contributed by atoms with Crippen LogP contribution in [0.15, 0.2) is 35.3 Å². The van der Waals surface area contributed by atoms with Crippen LogP contribution in [0.4, 0.5) is 0 Å². The molecule has 2 atom stereocenters. The van der Waals surface area contributed by atoms with Crippen LogP contribution < -0.4 is 10.6 Å². The average molecular weight is 463 g/mol. The van der Waals surface area contributed by atoms with Gasteiger partial charge in [-0.25, -0.2) is 0 Å². The summed E-state index contributed by atoms with van der Waals surface area (Å²) in [6.07, 6.45) is 5.87. The largest absolute Gasteiger partial charge is 0.373 e. The van der Waals surface area contributed by atoms with Crippen LogP contribution in [0.3, 0.4) is 0 Å². The lowest BCUT2D eigenvalue weighted by Crippen LogP contribution is -2.40. The Morgan fingerprint density at radius 1 is 1.25 bits per heavy atom. The molecule has 2 unspecified atom stereocenters. The molecular weight excluding hydrogens is 433 g/mol. The first-order chi connectivity index (χ1) is 11.3. The van der Waals surface area contributed by atoms with Crippen molar-refractivity contribution in [1.29, 1.82) is 0 Å². The molecule has 0 bridgehead atoms. The molecule has 0 radical (unpaired) electrons. The number of halogens is 1. The summed E-state index contributed by atoms with van der Waals surface area (Å²) < 4.78 is 5.94. The van der Waals surface area contributed by atoms with E-state index in [0.29, 0.717) is 5.92 Å². The Morgan fingerprint density at radius 3 is 2.75 bits per heavy atom. The van der Waals surface area contributed by atoms with Crippen molar-refractivity contribution < 1.29 is 4.74 Å². The second-order valence-electron chi connectivity index (χ2n) is 5.83. The zero-order chi connectivity index (χ0) is 16.3. The molecule has 1 saturated heterocycles. The number of nitrogens with one attached hydrogen (secondary N) is 2. The SMILES string of the molecule is CN=C(NCCCCSC)NCC1CCOC1c1ccccc1.I. The maximum absolute atomic E-state index is 5.94. The zero-order valence-electron chi connectivity index (χ0n) is 14.7. The Hall–Kier alpha value is -0.470. The maximum atomic E-state index is 5.94. The smallest absolute Gasteiger partial charge is 0.190 e. The lowest BCUT2D eigenvalue weighted by Gasteiger charge is -2.20. The van der Waals surface area contributed by atoms with Crippen molar-refractivity contribution in [2.24, 2.45) is 10.9 Å². The molecule has 24 heavy (non-hydrogen) atoms. The summed E-state index contributed by atoms with van der Waals surface area (Å²) in [4.78, 5) is 4.31. The molecule has 0 saturated carbocycles. The van der Waals surface area contributed by atoms with Crippen molar-refractivity contribution in [1.82, 2.24) is 10.6 Å². The Morgan fingerprint density at radius 2 is 2.04 bits per heavy atom. The van der Waals surface area contributed by atoms with Gasteiger partial charge in [-0.2, -0.15) is 11.8 Å². The highest BCUT2D eigenvalue weighted by atomic mass is 127. The van der Waals surface area contributed by atoms with Gasteiger partial charge in [0.05, 0.1) is 6.10 Å². The predicted octanol–water partition coefficient (Wildman–Crippen LogP) is 3.69. The van der Waals surface area contributed by atoms with Gasteiger partial charge in [-0.05, 0) is 36.8 Å². The number of benzene rings is 1. The Bertz CT molecular complexity index is 473. The second-order valence-corrected chi connectivity index (χ2v) is 6.82. The Labute approximate surface area is 167 Å². The molecule has 1 fully saturated rings. The van der Waals surface area contributed by atoms with E-state index in [1.165, 1.54) is 24.2 Å². The summed E-state index contributed by atoms with van der Waals surface area (Å²) in [5.74, 6) is 2.62. The van der Waals surface area contributed by atoms with Crippen molar-refractivity contribution in [3.63, 3.8) is 0 Å². The van der Waals surface area contributed by atoms with E-state index in [-0.39, 0.29) is 30.1 Å². The lowest BCUT2D eigenvalue weighted by molar-refractivity contribution is 0.0915. The number of aliphatic imine (C=N–C) groups is 1. The second kappa shape index (κ2) is 12.8. The van der Waals surface area contributed by atoms with E-state index in [1.807, 2.05) is 18.8 Å². The predicted molar refractivity (Wildman–Crippen MR) is 116 cm³/mol. The standard InChI is InChI=1S/C18H29N3OS.HI/c1-19-18(20-11-6-7-13-23-2)21-14-16-10-12-22-17(16)15-8-4-3-5-9-15;/h3-5,8-9,16-17H,6-7,10-14H2,1-2H3,(H2,19,20,21);1H. The van der Waals surface area contributed by atoms with Crippen molar-refractivity contribution >= 4 is 41.7 Å². The fraction of sp³-hybridized carbons (Fsp3) is 0.611. The quantitative estimate of drug-likeness (QED) is 0.267. The van der Waals surface area contributed by atoms with Gasteiger partial charge in [-0.3, -0.25) is 4.99 Å². The number of thioether (sulfide) groups is 1. The number of guanidine groups is 1. The van der Waals surface area contributed by atoms with Crippen LogP contribution in [0.1, 0.15) is 30.9 Å². The van der Waals surface area contributed by atoms with Crippen molar-refractivity contribution in [3.05, 3.63) is 35.9 Å². The molecule has 0 aliphatic carbocycles. The molecule has 2 N–H and O–H groups in total. The zero-order valence-corrected chi connectivity index (χ0v) is 17.8. The molecule has 0 aromatic heterocycles. The van der Waals surface area contributed by atoms with E-state index in [2.05, 4.69) is 52.2 Å². The monoisotopic (exact) mass is 463 g/mol. The minimum absolute atomic E-state index is 0. The fourth-order valence-corrected chi connectivity index (χ4v) is 3.37. The molecule has 136 valence electrons. The minimum atomic E-state index is 0. The first-order valence-electron chi connectivity index (χ1n) is 8.45. The van der Waals surface area contributed by atoms with E-state index in [9.17, 15) is 0 Å². The number of hydrogen-bond acceptors (Lipinski definition) is 3. The number of ether oxygens (including phenoxy) is 1. The minimum Gasteiger partial charge on any atom is -0.373 e. The van der Waals surface area contributed by atoms with Gasteiger partial charge in [0, 0.05) is 32.7 Å². The number of unbranched alkanes of at least 4 members (excludes halogenated alkanes) is 1. The molecule has 6 heteroatoms. The van der Waals surface area contributed by atoms with Gasteiger partial charge in [0.25, 0.3) is 0 Å². The van der Waals surface area contributed by atoms with Gasteiger partial charge in [0.1, 0.15) is 0 Å². The Kier molecular flexibility index (Phi) is 11.5. The van der Waals surface area contributed by atoms with Crippen molar-refractivity contribution in [2.75, 3.05) is 38.8 Å². The van der Waals surface area contributed by atoms with Crippen molar-refractivity contribution in [3.8, 4) is 0 Å². The summed E-state index contributed by atoms with van der Waals surface area (Å²) in [5.41, 5.74) is 1.27. The van der Waals surface area contributed by atoms with Gasteiger partial charge >= 0.3 is 0 Å². The highest BCUT2D eigenvalue weighted by Gasteiger charge is 2.29. The van der Waals surface area contributed by atoms with E-state index >= 15 is 0 Å². The highest BCUT2D eigenvalue weighted by Crippen LogP contribution is 2.33. The molecular formula is C18H30IN3OS. The molecule has 1 aromatic carbocycles. The average Bonchev–Trinajstić information content (AvgIpc) is 3.07. The molecule has 0 spiro atoms. The van der Waals surface area contributed by atoms with Gasteiger partial charge < -0.3 is 15.4 Å². The Balaban J connectivity index is 0.00000288. The lowest BCUT2D eigenvalue weighted by atomic mass is 9.95. The maximum Gasteiger partial charge on any atom is 0.190 e. The molecule has 1 aromatic rings. The number of nitrogens with zero attached hydrogens (tertiary/aromatic N) is 1. The normalized spacial score (nSPS) is 20.5. The van der Waals surface area contributed by atoms with Gasteiger partial charge in [0.2, 0.25) is 0 Å². The molecule has 2 rings (SSSR count). The number of hydrogen-bond donors (Lipinski definition) is 2. The molecule has 4 nitrogen and oxygen atoms in total. The first kappa shape index (κ1) is 21.6. The summed E-state index contributed by atoms with van der Waals surface area (Å²) in [6, 6.07) is 10.5. The summed E-state index contributed by atoms with van der Waals surface area (Å²) in [6.45, 7) is 2.71. The van der Waals surface area contributed by atoms with Crippen LogP contribution in [0.5, 0.6) is 0 Å². The topological polar surface area (TPSA) is 45.7 Å². The third-order valence-corrected chi connectivity index (χ3v) is 4.86. The summed E-state index contributed by atoms with van der Waals surface area (Å²) >= 11 is 1.90. The van der Waals surface area contributed by atoms with Crippen LogP contribution in [-0.2, 0) is 4.74 Å². The third kappa shape index (κ3) is 7.19. The van der Waals surface area contributed by atoms with E-state index in [4.69, 9.17) is 4.74 Å². The van der Waals surface area contributed by atoms with E-state index in [0.717, 1.165) is 32.1 Å². The van der Waals surface area contributed by atoms with Gasteiger partial charge in [0.15, 0.2) is 5.96 Å². The molecule has 1 heterocycles. The van der Waals surface area contributed by atoms with E-state index in [1.54, 1.807) is 0 Å². The van der Waals surface area contributed by atoms with E-state index < -0.39 is 0 Å². The third-order valence-electron chi connectivity index (χ3n) is 4.17. The van der Waals surface area contributed by atoms with Gasteiger partial charge in [-0.15, -0.1) is 24.0 Å². The number of rotatable bonds is 8. The van der Waals surface area contributed by atoms with Gasteiger partial charge in [-0.1, -0.05) is 30.3 Å². The van der Waals surface area contributed by atoms with Crippen LogP contribution in [0.2, 0.25) is 0 Å². The molecule has 1 aliphatic heterocycles. The fourth-order valence-electron chi connectivity index (χ4n) is 2.88. The first-order valence-corrected chi connectivity index (χ1v) is 9.84. The summed E-state index contributed by atoms with van der Waals surface area (Å²) in [5, 5.41) is 6.85. The van der Waals surface area contributed by atoms with Crippen LogP contribution in [-0.4, -0.2) is 44.7 Å². The van der Waals surface area contributed by atoms with Crippen LogP contribution in [0.25, 0.3) is 0 Å². The molecule has 0 amide bonds. The van der Waals surface area contributed by atoms with Crippen molar-refractivity contribution in [2.45, 2.75) is 25.4 Å². The van der Waals surface area contributed by atoms with Crippen LogP contribution in [0, 0.1) is 5.92 Å². The van der Waals surface area contributed by atoms with Crippen LogP contribution >= 0.6 is 35.7 Å². The summed E-state index contributed by atoms with van der Waals surface area (Å²) in [7, 11) is 1.83. The molecule has 1 aliphatic rings. The highest BCUT2D eigenvalue weighted by molar-refractivity contribution is 14.0.